The van der Waals surface area contributed by atoms with Gasteiger partial charge in [0.25, 0.3) is 0 Å². The van der Waals surface area contributed by atoms with Crippen molar-refractivity contribution in [3.05, 3.63) is 24.3 Å². The summed E-state index contributed by atoms with van der Waals surface area (Å²) >= 11 is 0. The van der Waals surface area contributed by atoms with Crippen LogP contribution in [-0.2, 0) is 9.59 Å². The molecule has 0 spiro atoms. The highest BCUT2D eigenvalue weighted by Gasteiger charge is 2.21. The number of nitrogens with zero attached hydrogens (tertiary/aromatic N) is 1. The number of carbonyl (C=O) groups is 3. The van der Waals surface area contributed by atoms with E-state index in [0.29, 0.717) is 11.4 Å². The van der Waals surface area contributed by atoms with E-state index in [-0.39, 0.29) is 12.5 Å². The molecule has 1 rings (SSSR count). The molecule has 0 heterocycles. The number of rotatable bonds is 6. The molecule has 8 heteroatoms. The van der Waals surface area contributed by atoms with Crippen LogP contribution in [0.5, 0.6) is 5.75 Å². The number of anilines is 1. The number of primary amides is 1. The summed E-state index contributed by atoms with van der Waals surface area (Å²) in [5.74, 6) is -0.162. The van der Waals surface area contributed by atoms with E-state index in [1.807, 2.05) is 5.32 Å². The van der Waals surface area contributed by atoms with E-state index in [1.165, 1.54) is 4.90 Å². The zero-order valence-corrected chi connectivity index (χ0v) is 12.8. The summed E-state index contributed by atoms with van der Waals surface area (Å²) < 4.78 is 5.03. The van der Waals surface area contributed by atoms with Gasteiger partial charge in [0.2, 0.25) is 11.8 Å². The topological polar surface area (TPSA) is 114 Å². The first kappa shape index (κ1) is 17.4. The summed E-state index contributed by atoms with van der Waals surface area (Å²) in [7, 11) is 3.15. The van der Waals surface area contributed by atoms with Crippen LogP contribution in [0.2, 0.25) is 0 Å². The van der Waals surface area contributed by atoms with Gasteiger partial charge in [-0.15, -0.1) is 0 Å². The Bertz CT molecular complexity index is 544. The van der Waals surface area contributed by atoms with E-state index in [1.54, 1.807) is 45.3 Å². The molecule has 22 heavy (non-hydrogen) atoms. The average molecular weight is 308 g/mol. The third-order valence-electron chi connectivity index (χ3n) is 3.05. The molecule has 0 unspecified atom stereocenters. The first-order valence-electron chi connectivity index (χ1n) is 6.58. The van der Waals surface area contributed by atoms with Crippen LogP contribution in [0.25, 0.3) is 0 Å². The van der Waals surface area contributed by atoms with Gasteiger partial charge in [0.15, 0.2) is 0 Å². The van der Waals surface area contributed by atoms with E-state index in [4.69, 9.17) is 10.5 Å². The number of nitrogens with two attached hydrogens (primary N) is 1. The Hall–Kier alpha value is -2.61. The number of methoxy groups -OCH3 is 1. The number of hydrogen-bond donors (Lipinski definition) is 3. The molecular weight excluding hydrogens is 288 g/mol. The second-order valence-electron chi connectivity index (χ2n) is 4.72. The van der Waals surface area contributed by atoms with E-state index in [9.17, 15) is 14.4 Å². The highest BCUT2D eigenvalue weighted by molar-refractivity contribution is 5.97. The van der Waals surface area contributed by atoms with Gasteiger partial charge < -0.3 is 15.8 Å². The SMILES string of the molecule is COc1ccc(NC(=O)CN(C)[C@@H](C)C(=O)NC(N)=O)cc1. The Morgan fingerprint density at radius 2 is 1.86 bits per heavy atom. The summed E-state index contributed by atoms with van der Waals surface area (Å²) in [6, 6.07) is 5.27. The lowest BCUT2D eigenvalue weighted by Gasteiger charge is -2.22. The van der Waals surface area contributed by atoms with E-state index in [2.05, 4.69) is 5.32 Å². The van der Waals surface area contributed by atoms with Crippen molar-refractivity contribution in [1.82, 2.24) is 10.2 Å². The van der Waals surface area contributed by atoms with Gasteiger partial charge in [-0.2, -0.15) is 0 Å². The number of amides is 4. The van der Waals surface area contributed by atoms with Gasteiger partial charge in [-0.05, 0) is 38.2 Å². The first-order valence-corrected chi connectivity index (χ1v) is 6.58. The first-order chi connectivity index (χ1) is 10.3. The molecule has 0 aromatic heterocycles. The van der Waals surface area contributed by atoms with Crippen molar-refractivity contribution in [3.63, 3.8) is 0 Å². The zero-order valence-electron chi connectivity index (χ0n) is 12.8. The quantitative estimate of drug-likeness (QED) is 0.692. The Kier molecular flexibility index (Phi) is 6.33. The van der Waals surface area contributed by atoms with Crippen LogP contribution in [0, 0.1) is 0 Å². The summed E-state index contributed by atoms with van der Waals surface area (Å²) in [5, 5.41) is 4.67. The lowest BCUT2D eigenvalue weighted by molar-refractivity contribution is -0.125. The molecule has 0 aliphatic rings. The molecule has 1 aromatic rings. The fraction of sp³-hybridized carbons (Fsp3) is 0.357. The maximum Gasteiger partial charge on any atom is 0.318 e. The minimum Gasteiger partial charge on any atom is -0.497 e. The van der Waals surface area contributed by atoms with Gasteiger partial charge in [0.1, 0.15) is 5.75 Å². The van der Waals surface area contributed by atoms with Crippen molar-refractivity contribution in [2.45, 2.75) is 13.0 Å². The summed E-state index contributed by atoms with van der Waals surface area (Å²) in [5.41, 5.74) is 5.50. The van der Waals surface area contributed by atoms with Crippen molar-refractivity contribution in [2.75, 3.05) is 26.0 Å². The maximum atomic E-state index is 11.9. The van der Waals surface area contributed by atoms with Crippen molar-refractivity contribution in [1.29, 1.82) is 0 Å². The molecule has 8 nitrogen and oxygen atoms in total. The largest absolute Gasteiger partial charge is 0.497 e. The van der Waals surface area contributed by atoms with Crippen LogP contribution in [0.4, 0.5) is 10.5 Å². The third kappa shape index (κ3) is 5.41. The van der Waals surface area contributed by atoms with Crippen LogP contribution in [0.15, 0.2) is 24.3 Å². The number of imide groups is 1. The van der Waals surface area contributed by atoms with Crippen LogP contribution >= 0.6 is 0 Å². The fourth-order valence-corrected chi connectivity index (χ4v) is 1.66. The number of urea groups is 1. The lowest BCUT2D eigenvalue weighted by atomic mass is 10.2. The van der Waals surface area contributed by atoms with Crippen LogP contribution in [0.1, 0.15) is 6.92 Å². The van der Waals surface area contributed by atoms with Crippen LogP contribution in [0.3, 0.4) is 0 Å². The van der Waals surface area contributed by atoms with Gasteiger partial charge in [-0.1, -0.05) is 0 Å². The van der Waals surface area contributed by atoms with Gasteiger partial charge in [-0.25, -0.2) is 4.79 Å². The summed E-state index contributed by atoms with van der Waals surface area (Å²) in [4.78, 5) is 35.7. The van der Waals surface area contributed by atoms with E-state index < -0.39 is 18.0 Å². The van der Waals surface area contributed by atoms with Gasteiger partial charge in [0, 0.05) is 5.69 Å². The molecule has 1 atom stereocenters. The standard InChI is InChI=1S/C14H20N4O4/c1-9(13(20)17-14(15)21)18(2)8-12(19)16-10-4-6-11(22-3)7-5-10/h4-7,9H,8H2,1-3H3,(H,16,19)(H3,15,17,20,21)/t9-/m0/s1. The molecule has 120 valence electrons. The second-order valence-corrected chi connectivity index (χ2v) is 4.72. The minimum atomic E-state index is -0.923. The molecular formula is C14H20N4O4. The van der Waals surface area contributed by atoms with E-state index >= 15 is 0 Å². The van der Waals surface area contributed by atoms with Crippen LogP contribution in [-0.4, -0.2) is 49.5 Å². The summed E-state index contributed by atoms with van der Waals surface area (Å²) in [6.45, 7) is 1.55. The van der Waals surface area contributed by atoms with Crippen molar-refractivity contribution >= 4 is 23.5 Å². The molecule has 0 radical (unpaired) electrons. The number of carbonyl (C=O) groups excluding carboxylic acids is 3. The Morgan fingerprint density at radius 1 is 1.27 bits per heavy atom. The second kappa shape index (κ2) is 7.99. The van der Waals surface area contributed by atoms with Crippen LogP contribution < -0.4 is 21.1 Å². The lowest BCUT2D eigenvalue weighted by Crippen LogP contribution is -2.48. The number of likely N-dealkylation sites (N-methyl/N-ethyl adjacent to an activating group) is 1. The maximum absolute atomic E-state index is 11.9. The van der Waals surface area contributed by atoms with Gasteiger partial charge >= 0.3 is 6.03 Å². The normalized spacial score (nSPS) is 11.6. The molecule has 4 N–H and O–H groups in total. The van der Waals surface area contributed by atoms with Gasteiger partial charge in [-0.3, -0.25) is 19.8 Å². The Morgan fingerprint density at radius 3 is 2.36 bits per heavy atom. The van der Waals surface area contributed by atoms with Crippen molar-refractivity contribution in [2.24, 2.45) is 5.73 Å². The molecule has 1 aromatic carbocycles. The number of hydrogen-bond acceptors (Lipinski definition) is 5. The minimum absolute atomic E-state index is 0.0145. The fourth-order valence-electron chi connectivity index (χ4n) is 1.66. The number of ether oxygens (including phenoxy) is 1. The Balaban J connectivity index is 2.52. The number of nitrogens with one attached hydrogen (secondary N) is 2. The zero-order chi connectivity index (χ0) is 16.7. The molecule has 0 bridgehead atoms. The predicted octanol–water partition coefficient (Wildman–Crippen LogP) is 0.149. The molecule has 0 aliphatic heterocycles. The monoisotopic (exact) mass is 308 g/mol. The Labute approximate surface area is 128 Å². The highest BCUT2D eigenvalue weighted by atomic mass is 16.5. The average Bonchev–Trinajstić information content (AvgIpc) is 2.46. The van der Waals surface area contributed by atoms with E-state index in [0.717, 1.165) is 0 Å². The molecule has 0 fully saturated rings. The molecule has 4 amide bonds. The molecule has 0 saturated carbocycles. The smallest absolute Gasteiger partial charge is 0.318 e. The third-order valence-corrected chi connectivity index (χ3v) is 3.05. The molecule has 0 saturated heterocycles. The predicted molar refractivity (Wildman–Crippen MR) is 81.4 cm³/mol. The van der Waals surface area contributed by atoms with Crippen molar-refractivity contribution < 1.29 is 19.1 Å². The molecule has 0 aliphatic carbocycles. The van der Waals surface area contributed by atoms with Crippen molar-refractivity contribution in [3.8, 4) is 5.75 Å². The van der Waals surface area contributed by atoms with Gasteiger partial charge in [0.05, 0.1) is 19.7 Å². The number of benzene rings is 1. The highest BCUT2D eigenvalue weighted by Crippen LogP contribution is 2.14. The summed E-state index contributed by atoms with van der Waals surface area (Å²) in [6.07, 6.45) is 0.